The number of halogens is 1. The number of sulfonamides is 1. The van der Waals surface area contributed by atoms with Gasteiger partial charge in [0, 0.05) is 24.0 Å². The number of aryl methyl sites for hydroxylation is 1. The highest BCUT2D eigenvalue weighted by atomic mass is 35.5. The summed E-state index contributed by atoms with van der Waals surface area (Å²) in [7, 11) is -3.98. The second-order valence-electron chi connectivity index (χ2n) is 9.66. The zero-order valence-corrected chi connectivity index (χ0v) is 21.4. The van der Waals surface area contributed by atoms with Crippen LogP contribution in [-0.4, -0.2) is 27.4 Å². The largest absolute Gasteiger partial charge is 0.487 e. The van der Waals surface area contributed by atoms with Crippen molar-refractivity contribution in [3.05, 3.63) is 52.5 Å². The van der Waals surface area contributed by atoms with Crippen molar-refractivity contribution in [1.82, 2.24) is 4.72 Å². The Morgan fingerprint density at radius 2 is 1.91 bits per heavy atom. The average Bonchev–Trinajstić information content (AvgIpc) is 2.79. The van der Waals surface area contributed by atoms with E-state index in [4.69, 9.17) is 16.3 Å². The molecule has 1 aliphatic carbocycles. The fourth-order valence-corrected chi connectivity index (χ4v) is 5.71. The van der Waals surface area contributed by atoms with E-state index < -0.39 is 21.8 Å². The number of nitrogens with one attached hydrogen (secondary N) is 1. The summed E-state index contributed by atoms with van der Waals surface area (Å²) in [6.45, 7) is 5.40. The van der Waals surface area contributed by atoms with Crippen molar-refractivity contribution >= 4 is 33.2 Å². The Morgan fingerprint density at radius 1 is 1.12 bits per heavy atom. The monoisotopic (exact) mass is 504 g/mol. The minimum absolute atomic E-state index is 0.0736. The van der Waals surface area contributed by atoms with Gasteiger partial charge >= 0.3 is 0 Å². The predicted molar refractivity (Wildman–Crippen MR) is 135 cm³/mol. The maximum Gasteiger partial charge on any atom is 0.264 e. The molecule has 1 N–H and O–H groups in total. The maximum absolute atomic E-state index is 13.0. The van der Waals surface area contributed by atoms with Crippen LogP contribution in [0, 0.1) is 11.8 Å². The molecule has 6 nitrogen and oxygen atoms in total. The molecule has 4 rings (SSSR count). The van der Waals surface area contributed by atoms with E-state index in [0.717, 1.165) is 48.6 Å². The first-order valence-electron chi connectivity index (χ1n) is 12.1. The van der Waals surface area contributed by atoms with Gasteiger partial charge in [-0.3, -0.25) is 4.79 Å². The number of amides is 1. The molecule has 1 aliphatic heterocycles. The number of hydrogen-bond donors (Lipinski definition) is 1. The Hall–Kier alpha value is -2.25. The Morgan fingerprint density at radius 3 is 2.62 bits per heavy atom. The molecule has 0 atom stereocenters. The number of fused-ring (bicyclic) bond motifs is 2. The van der Waals surface area contributed by atoms with Gasteiger partial charge in [0.05, 0.1) is 10.6 Å². The number of benzene rings is 2. The van der Waals surface area contributed by atoms with Crippen LogP contribution in [-0.2, 0) is 27.8 Å². The third-order valence-electron chi connectivity index (χ3n) is 6.72. The lowest BCUT2D eigenvalue weighted by Gasteiger charge is -2.34. The second kappa shape index (κ2) is 10.6. The molecule has 0 saturated heterocycles. The molecule has 0 aromatic heterocycles. The molecule has 0 bridgehead atoms. The zero-order chi connectivity index (χ0) is 24.3. The lowest BCUT2D eigenvalue weighted by molar-refractivity contribution is -0.122. The SMILES string of the molecule is CC(C)C(=O)NS(=O)(=O)c1ccc2c(c1)N(CC1CCC1)CCCCc1cc(Cl)ccc1CO2. The first kappa shape index (κ1) is 24.9. The fraction of sp³-hybridized carbons (Fsp3) is 0.500. The normalized spacial score (nSPS) is 17.1. The first-order valence-corrected chi connectivity index (χ1v) is 13.9. The van der Waals surface area contributed by atoms with Crippen molar-refractivity contribution in [3.63, 3.8) is 0 Å². The van der Waals surface area contributed by atoms with E-state index in [2.05, 4.69) is 9.62 Å². The van der Waals surface area contributed by atoms with Crippen molar-refractivity contribution in [3.8, 4) is 5.75 Å². The molecule has 0 spiro atoms. The second-order valence-corrected chi connectivity index (χ2v) is 11.8. The Kier molecular flexibility index (Phi) is 7.73. The predicted octanol–water partition coefficient (Wildman–Crippen LogP) is 5.32. The van der Waals surface area contributed by atoms with Crippen LogP contribution in [0.3, 0.4) is 0 Å². The van der Waals surface area contributed by atoms with Gasteiger partial charge in [0.25, 0.3) is 10.0 Å². The van der Waals surface area contributed by atoms with E-state index in [9.17, 15) is 13.2 Å². The van der Waals surface area contributed by atoms with Crippen LogP contribution in [0.25, 0.3) is 0 Å². The highest BCUT2D eigenvalue weighted by Crippen LogP contribution is 2.36. The zero-order valence-electron chi connectivity index (χ0n) is 19.8. The van der Waals surface area contributed by atoms with Crippen molar-refractivity contribution < 1.29 is 17.9 Å². The summed E-state index contributed by atoms with van der Waals surface area (Å²) >= 11 is 6.24. The lowest BCUT2D eigenvalue weighted by Crippen LogP contribution is -2.35. The smallest absolute Gasteiger partial charge is 0.264 e. The van der Waals surface area contributed by atoms with E-state index in [-0.39, 0.29) is 4.90 Å². The Bertz CT molecular complexity index is 1150. The maximum atomic E-state index is 13.0. The summed E-state index contributed by atoms with van der Waals surface area (Å²) in [5.41, 5.74) is 3.05. The molecule has 1 heterocycles. The van der Waals surface area contributed by atoms with E-state index >= 15 is 0 Å². The van der Waals surface area contributed by atoms with Crippen LogP contribution in [0.1, 0.15) is 57.1 Å². The van der Waals surface area contributed by atoms with E-state index in [0.29, 0.717) is 18.3 Å². The van der Waals surface area contributed by atoms with Gasteiger partial charge in [0.15, 0.2) is 0 Å². The minimum atomic E-state index is -3.98. The van der Waals surface area contributed by atoms with Gasteiger partial charge in [-0.25, -0.2) is 13.1 Å². The fourth-order valence-electron chi connectivity index (χ4n) is 4.38. The molecule has 0 radical (unpaired) electrons. The number of hydrogen-bond acceptors (Lipinski definition) is 5. The highest BCUT2D eigenvalue weighted by molar-refractivity contribution is 7.90. The van der Waals surface area contributed by atoms with Gasteiger partial charge in [0.2, 0.25) is 5.91 Å². The van der Waals surface area contributed by atoms with E-state index in [1.165, 1.54) is 30.9 Å². The van der Waals surface area contributed by atoms with Gasteiger partial charge in [-0.1, -0.05) is 37.9 Å². The molecular formula is C26H33ClN2O4S. The molecule has 8 heteroatoms. The first-order chi connectivity index (χ1) is 16.2. The topological polar surface area (TPSA) is 75.7 Å². The van der Waals surface area contributed by atoms with Gasteiger partial charge in [0.1, 0.15) is 12.4 Å². The van der Waals surface area contributed by atoms with E-state index in [1.807, 2.05) is 18.2 Å². The summed E-state index contributed by atoms with van der Waals surface area (Å²) < 4.78 is 34.4. The minimum Gasteiger partial charge on any atom is -0.487 e. The van der Waals surface area contributed by atoms with Crippen molar-refractivity contribution in [2.45, 2.75) is 63.9 Å². The Labute approximate surface area is 207 Å². The van der Waals surface area contributed by atoms with Gasteiger partial charge < -0.3 is 9.64 Å². The molecule has 0 unspecified atom stereocenters. The molecule has 2 aromatic rings. The van der Waals surface area contributed by atoms with Crippen molar-refractivity contribution in [2.75, 3.05) is 18.0 Å². The van der Waals surface area contributed by atoms with Crippen molar-refractivity contribution in [1.29, 1.82) is 0 Å². The number of anilines is 1. The van der Waals surface area contributed by atoms with E-state index in [1.54, 1.807) is 26.0 Å². The third-order valence-corrected chi connectivity index (χ3v) is 8.30. The van der Waals surface area contributed by atoms with Crippen LogP contribution < -0.4 is 14.4 Å². The van der Waals surface area contributed by atoms with Crippen LogP contribution in [0.4, 0.5) is 5.69 Å². The highest BCUT2D eigenvalue weighted by Gasteiger charge is 2.26. The molecule has 184 valence electrons. The number of carbonyl (C=O) groups excluding carboxylic acids is 1. The molecule has 1 saturated carbocycles. The van der Waals surface area contributed by atoms with Gasteiger partial charge in [-0.05, 0) is 79.5 Å². The number of rotatable bonds is 5. The summed E-state index contributed by atoms with van der Waals surface area (Å²) in [5.74, 6) is 0.308. The standard InChI is InChI=1S/C26H33ClN2O4S/c1-18(2)26(30)28-34(31,32)23-11-12-25-24(15-23)29(16-19-6-5-7-19)13-4-3-8-20-14-22(27)10-9-21(20)17-33-25/h9-12,14-15,18-19H,3-8,13,16-17H2,1-2H3,(H,28,30). The van der Waals surface area contributed by atoms with Crippen LogP contribution in [0.5, 0.6) is 5.75 Å². The average molecular weight is 505 g/mol. The molecule has 34 heavy (non-hydrogen) atoms. The molecule has 1 amide bonds. The third kappa shape index (κ3) is 5.87. The van der Waals surface area contributed by atoms with Crippen LogP contribution in [0.15, 0.2) is 41.3 Å². The molecular weight excluding hydrogens is 472 g/mol. The van der Waals surface area contributed by atoms with Crippen LogP contribution in [0.2, 0.25) is 5.02 Å². The molecule has 2 aliphatic rings. The summed E-state index contributed by atoms with van der Waals surface area (Å²) in [4.78, 5) is 14.4. The van der Waals surface area contributed by atoms with Gasteiger partial charge in [-0.15, -0.1) is 0 Å². The summed E-state index contributed by atoms with van der Waals surface area (Å²) in [5, 5.41) is 0.721. The van der Waals surface area contributed by atoms with Gasteiger partial charge in [-0.2, -0.15) is 0 Å². The molecule has 2 aromatic carbocycles. The molecule has 1 fully saturated rings. The number of ether oxygens (including phenoxy) is 1. The lowest BCUT2D eigenvalue weighted by atomic mass is 9.85. The quantitative estimate of drug-likeness (QED) is 0.596. The Balaban J connectivity index is 1.70. The number of carbonyl (C=O) groups is 1. The van der Waals surface area contributed by atoms with Crippen LogP contribution >= 0.6 is 11.6 Å². The number of nitrogens with zero attached hydrogens (tertiary/aromatic N) is 1. The van der Waals surface area contributed by atoms with Crippen molar-refractivity contribution in [2.24, 2.45) is 11.8 Å². The summed E-state index contributed by atoms with van der Waals surface area (Å²) in [6, 6.07) is 10.8. The summed E-state index contributed by atoms with van der Waals surface area (Å²) in [6.07, 6.45) is 6.53.